The molecule has 0 bridgehead atoms. The van der Waals surface area contributed by atoms with E-state index in [9.17, 15) is 0 Å². The number of rotatable bonds is 3. The summed E-state index contributed by atoms with van der Waals surface area (Å²) in [6.45, 7) is 9.39. The molecule has 21 heavy (non-hydrogen) atoms. The number of hydrogen-bond acceptors (Lipinski definition) is 2. The van der Waals surface area contributed by atoms with Crippen molar-refractivity contribution in [3.05, 3.63) is 35.4 Å². The van der Waals surface area contributed by atoms with Crippen LogP contribution in [0.3, 0.4) is 0 Å². The van der Waals surface area contributed by atoms with E-state index in [1.54, 1.807) is 11.1 Å². The summed E-state index contributed by atoms with van der Waals surface area (Å²) < 4.78 is 0. The Morgan fingerprint density at radius 3 is 2.76 bits per heavy atom. The van der Waals surface area contributed by atoms with Crippen molar-refractivity contribution in [2.24, 2.45) is 5.92 Å². The van der Waals surface area contributed by atoms with E-state index in [0.717, 1.165) is 18.5 Å². The van der Waals surface area contributed by atoms with Crippen LogP contribution >= 0.6 is 0 Å². The van der Waals surface area contributed by atoms with Gasteiger partial charge in [0.25, 0.3) is 0 Å². The lowest BCUT2D eigenvalue weighted by molar-refractivity contribution is 0.140. The lowest BCUT2D eigenvalue weighted by Gasteiger charge is -2.37. The van der Waals surface area contributed by atoms with Crippen molar-refractivity contribution in [3.63, 3.8) is 0 Å². The molecule has 1 aromatic rings. The van der Waals surface area contributed by atoms with Gasteiger partial charge >= 0.3 is 0 Å². The Hall–Kier alpha value is -0.860. The summed E-state index contributed by atoms with van der Waals surface area (Å²) in [5, 5.41) is 3.80. The van der Waals surface area contributed by atoms with Crippen LogP contribution in [-0.2, 0) is 6.42 Å². The molecule has 2 heteroatoms. The van der Waals surface area contributed by atoms with Crippen LogP contribution in [0.1, 0.15) is 57.2 Å². The molecule has 1 fully saturated rings. The Bertz CT molecular complexity index is 470. The Balaban J connectivity index is 1.92. The first-order chi connectivity index (χ1) is 10.2. The topological polar surface area (TPSA) is 15.3 Å². The van der Waals surface area contributed by atoms with E-state index in [1.165, 1.54) is 32.2 Å². The van der Waals surface area contributed by atoms with Gasteiger partial charge in [0.15, 0.2) is 0 Å². The van der Waals surface area contributed by atoms with E-state index in [2.05, 4.69) is 55.3 Å². The molecule has 4 atom stereocenters. The Kier molecular flexibility index (Phi) is 4.66. The zero-order valence-corrected chi connectivity index (χ0v) is 13.8. The molecular formula is C19H30N2. The largest absolute Gasteiger partial charge is 0.309 e. The van der Waals surface area contributed by atoms with E-state index < -0.39 is 0 Å². The molecule has 2 nitrogen and oxygen atoms in total. The molecule has 116 valence electrons. The van der Waals surface area contributed by atoms with E-state index in [-0.39, 0.29) is 0 Å². The summed E-state index contributed by atoms with van der Waals surface area (Å²) in [4.78, 5) is 2.79. The van der Waals surface area contributed by atoms with Crippen LogP contribution in [0.25, 0.3) is 0 Å². The average molecular weight is 286 g/mol. The summed E-state index contributed by atoms with van der Waals surface area (Å²) in [5.74, 6) is 0.848. The van der Waals surface area contributed by atoms with Crippen molar-refractivity contribution in [2.45, 2.75) is 64.6 Å². The average Bonchev–Trinajstić information content (AvgIpc) is 2.70. The van der Waals surface area contributed by atoms with Gasteiger partial charge < -0.3 is 5.32 Å². The first-order valence-corrected chi connectivity index (χ1v) is 8.77. The second-order valence-corrected chi connectivity index (χ2v) is 7.08. The highest BCUT2D eigenvalue weighted by molar-refractivity contribution is 5.32. The summed E-state index contributed by atoms with van der Waals surface area (Å²) >= 11 is 0. The molecule has 1 aromatic carbocycles. The molecule has 4 unspecified atom stereocenters. The van der Waals surface area contributed by atoms with Gasteiger partial charge in [-0.3, -0.25) is 4.90 Å². The van der Waals surface area contributed by atoms with Crippen molar-refractivity contribution < 1.29 is 0 Å². The SMILES string of the molecule is CCNC1c2ccccc2CCCC1N1CC(C)CC1C. The summed E-state index contributed by atoms with van der Waals surface area (Å²) in [7, 11) is 0. The molecule has 0 radical (unpaired) electrons. The minimum absolute atomic E-state index is 0.501. The number of fused-ring (bicyclic) bond motifs is 1. The van der Waals surface area contributed by atoms with Crippen molar-refractivity contribution in [1.82, 2.24) is 10.2 Å². The first-order valence-electron chi connectivity index (χ1n) is 8.77. The highest BCUT2D eigenvalue weighted by Gasteiger charge is 2.37. The molecular weight excluding hydrogens is 256 g/mol. The number of aryl methyl sites for hydroxylation is 1. The van der Waals surface area contributed by atoms with E-state index in [0.29, 0.717) is 12.1 Å². The van der Waals surface area contributed by atoms with Crippen molar-refractivity contribution in [1.29, 1.82) is 0 Å². The van der Waals surface area contributed by atoms with Gasteiger partial charge in [-0.25, -0.2) is 0 Å². The third-order valence-electron chi connectivity index (χ3n) is 5.40. The smallest absolute Gasteiger partial charge is 0.0480 e. The Labute approximate surface area is 129 Å². The quantitative estimate of drug-likeness (QED) is 0.851. The standard InChI is InChI=1S/C19H30N2/c1-4-20-19-17-10-6-5-8-16(17)9-7-11-18(19)21-13-14(2)12-15(21)3/h5-6,8,10,14-15,18-20H,4,7,9,11-13H2,1-3H3. The van der Waals surface area contributed by atoms with Gasteiger partial charge in [-0.15, -0.1) is 0 Å². The molecule has 1 aliphatic heterocycles. The van der Waals surface area contributed by atoms with Crippen LogP contribution in [0.15, 0.2) is 24.3 Å². The number of benzene rings is 1. The third kappa shape index (κ3) is 3.02. The fraction of sp³-hybridized carbons (Fsp3) is 0.684. The molecule has 3 rings (SSSR count). The predicted octanol–water partition coefficient (Wildman–Crippen LogP) is 3.77. The maximum Gasteiger partial charge on any atom is 0.0480 e. The molecule has 0 amide bonds. The Morgan fingerprint density at radius 1 is 1.24 bits per heavy atom. The predicted molar refractivity (Wildman–Crippen MR) is 89.5 cm³/mol. The van der Waals surface area contributed by atoms with Crippen molar-refractivity contribution in [3.8, 4) is 0 Å². The number of likely N-dealkylation sites (N-methyl/N-ethyl adjacent to an activating group) is 1. The molecule has 1 heterocycles. The van der Waals surface area contributed by atoms with Gasteiger partial charge in [0.2, 0.25) is 0 Å². The van der Waals surface area contributed by atoms with Gasteiger partial charge in [-0.2, -0.15) is 0 Å². The fourth-order valence-corrected chi connectivity index (χ4v) is 4.56. The van der Waals surface area contributed by atoms with Crippen molar-refractivity contribution >= 4 is 0 Å². The molecule has 1 aliphatic carbocycles. The van der Waals surface area contributed by atoms with Crippen molar-refractivity contribution in [2.75, 3.05) is 13.1 Å². The molecule has 0 spiro atoms. The second-order valence-electron chi connectivity index (χ2n) is 7.08. The number of likely N-dealkylation sites (tertiary alicyclic amines) is 1. The molecule has 1 N–H and O–H groups in total. The zero-order chi connectivity index (χ0) is 14.8. The molecule has 1 saturated heterocycles. The number of nitrogens with one attached hydrogen (secondary N) is 1. The highest BCUT2D eigenvalue weighted by atomic mass is 15.2. The summed E-state index contributed by atoms with van der Waals surface area (Å²) in [5.41, 5.74) is 3.11. The van der Waals surface area contributed by atoms with Gasteiger partial charge in [-0.1, -0.05) is 38.1 Å². The van der Waals surface area contributed by atoms with Gasteiger partial charge in [0.05, 0.1) is 0 Å². The summed E-state index contributed by atoms with van der Waals surface area (Å²) in [6, 6.07) is 11.0. The van der Waals surface area contributed by atoms with Gasteiger partial charge in [-0.05, 0) is 56.2 Å². The van der Waals surface area contributed by atoms with Crippen LogP contribution in [-0.4, -0.2) is 30.1 Å². The molecule has 0 aromatic heterocycles. The maximum atomic E-state index is 3.80. The monoisotopic (exact) mass is 286 g/mol. The van der Waals surface area contributed by atoms with Crippen LogP contribution in [0.5, 0.6) is 0 Å². The fourth-order valence-electron chi connectivity index (χ4n) is 4.56. The van der Waals surface area contributed by atoms with E-state index in [4.69, 9.17) is 0 Å². The third-order valence-corrected chi connectivity index (χ3v) is 5.40. The Morgan fingerprint density at radius 2 is 2.05 bits per heavy atom. The highest BCUT2D eigenvalue weighted by Crippen LogP contribution is 2.36. The van der Waals surface area contributed by atoms with Crippen LogP contribution < -0.4 is 5.32 Å². The zero-order valence-electron chi connectivity index (χ0n) is 13.8. The number of hydrogen-bond donors (Lipinski definition) is 1. The minimum atomic E-state index is 0.501. The van der Waals surface area contributed by atoms with E-state index >= 15 is 0 Å². The summed E-state index contributed by atoms with van der Waals surface area (Å²) in [6.07, 6.45) is 5.24. The van der Waals surface area contributed by atoms with Crippen LogP contribution in [0.2, 0.25) is 0 Å². The van der Waals surface area contributed by atoms with Crippen LogP contribution in [0.4, 0.5) is 0 Å². The van der Waals surface area contributed by atoms with E-state index in [1.807, 2.05) is 0 Å². The lowest BCUT2D eigenvalue weighted by Crippen LogP contribution is -2.46. The van der Waals surface area contributed by atoms with Gasteiger partial charge in [0, 0.05) is 24.7 Å². The second kappa shape index (κ2) is 6.50. The normalized spacial score (nSPS) is 33.7. The lowest BCUT2D eigenvalue weighted by atomic mass is 9.94. The molecule has 2 aliphatic rings. The maximum absolute atomic E-state index is 3.80. The number of nitrogens with zero attached hydrogens (tertiary/aromatic N) is 1. The van der Waals surface area contributed by atoms with Gasteiger partial charge in [0.1, 0.15) is 0 Å². The first kappa shape index (κ1) is 15.1. The molecule has 0 saturated carbocycles. The minimum Gasteiger partial charge on any atom is -0.309 e. The van der Waals surface area contributed by atoms with Crippen LogP contribution in [0, 0.1) is 5.92 Å².